The maximum atomic E-state index is 12.0. The number of aromatic nitrogens is 3. The van der Waals surface area contributed by atoms with Crippen LogP contribution in [0.2, 0.25) is 0 Å². The van der Waals surface area contributed by atoms with Crippen molar-refractivity contribution in [1.82, 2.24) is 20.0 Å². The first kappa shape index (κ1) is 15.6. The van der Waals surface area contributed by atoms with Gasteiger partial charge in [-0.3, -0.25) is 4.79 Å². The number of rotatable bonds is 3. The lowest BCUT2D eigenvalue weighted by molar-refractivity contribution is -0.130. The highest BCUT2D eigenvalue weighted by atomic mass is 16.5. The van der Waals surface area contributed by atoms with Crippen LogP contribution in [0.1, 0.15) is 41.9 Å². The summed E-state index contributed by atoms with van der Waals surface area (Å²) in [6.45, 7) is 6.37. The number of carbonyl (C=O) groups is 1. The normalized spacial score (nSPS) is 17.7. The van der Waals surface area contributed by atoms with Gasteiger partial charge in [-0.15, -0.1) is 0 Å². The Kier molecular flexibility index (Phi) is 4.12. The van der Waals surface area contributed by atoms with Gasteiger partial charge in [-0.1, -0.05) is 5.16 Å². The number of carbonyl (C=O) groups excluding carboxylic acids is 1. The van der Waals surface area contributed by atoms with Gasteiger partial charge in [-0.2, -0.15) is 0 Å². The summed E-state index contributed by atoms with van der Waals surface area (Å²) >= 11 is 0. The van der Waals surface area contributed by atoms with Gasteiger partial charge < -0.3 is 15.2 Å². The van der Waals surface area contributed by atoms with Crippen LogP contribution in [-0.2, 0) is 4.79 Å². The third-order valence-electron chi connectivity index (χ3n) is 4.24. The molecule has 23 heavy (non-hydrogen) atoms. The Morgan fingerprint density at radius 2 is 2.17 bits per heavy atom. The van der Waals surface area contributed by atoms with E-state index in [1.165, 1.54) is 0 Å². The van der Waals surface area contributed by atoms with Crippen LogP contribution in [0.3, 0.4) is 0 Å². The van der Waals surface area contributed by atoms with E-state index in [1.807, 2.05) is 31.7 Å². The van der Waals surface area contributed by atoms with Crippen molar-refractivity contribution < 1.29 is 9.32 Å². The van der Waals surface area contributed by atoms with Crippen molar-refractivity contribution in [1.29, 1.82) is 0 Å². The minimum atomic E-state index is -0.0392. The summed E-state index contributed by atoms with van der Waals surface area (Å²) in [6, 6.07) is 1.90. The lowest BCUT2D eigenvalue weighted by Gasteiger charge is -2.24. The van der Waals surface area contributed by atoms with E-state index in [4.69, 9.17) is 10.3 Å². The molecule has 1 amide bonds. The first-order chi connectivity index (χ1) is 11.0. The number of aryl methyl sites for hydroxylation is 3. The molecule has 1 aliphatic heterocycles. The first-order valence-electron chi connectivity index (χ1n) is 7.79. The van der Waals surface area contributed by atoms with Gasteiger partial charge in [0.2, 0.25) is 5.91 Å². The van der Waals surface area contributed by atoms with Gasteiger partial charge in [0.25, 0.3) is 0 Å². The zero-order valence-corrected chi connectivity index (χ0v) is 13.7. The summed E-state index contributed by atoms with van der Waals surface area (Å²) in [6.07, 6.45) is 1.85. The zero-order chi connectivity index (χ0) is 16.6. The standard InChI is InChI=1S/C16H21N5O2/c1-9-16(10(2)23-20-9)13-7-12(18-11(3)19-13)14-5-4-6-21(14)15(22)8-17/h7,14H,4-6,8,17H2,1-3H3/t14-/m0/s1. The number of hydrogen-bond acceptors (Lipinski definition) is 6. The zero-order valence-electron chi connectivity index (χ0n) is 13.7. The number of amides is 1. The van der Waals surface area contributed by atoms with Crippen molar-refractivity contribution in [3.05, 3.63) is 29.0 Å². The third-order valence-corrected chi connectivity index (χ3v) is 4.24. The van der Waals surface area contributed by atoms with Crippen molar-refractivity contribution in [2.24, 2.45) is 5.73 Å². The molecule has 0 bridgehead atoms. The molecule has 122 valence electrons. The Labute approximate surface area is 134 Å². The molecular formula is C16H21N5O2. The molecule has 1 aliphatic rings. The lowest BCUT2D eigenvalue weighted by Crippen LogP contribution is -2.35. The molecule has 1 saturated heterocycles. The van der Waals surface area contributed by atoms with Crippen molar-refractivity contribution in [3.8, 4) is 11.3 Å². The van der Waals surface area contributed by atoms with Crippen molar-refractivity contribution >= 4 is 5.91 Å². The monoisotopic (exact) mass is 315 g/mol. The van der Waals surface area contributed by atoms with Crippen molar-refractivity contribution in [2.45, 2.75) is 39.7 Å². The Hall–Kier alpha value is -2.28. The van der Waals surface area contributed by atoms with Crippen LogP contribution in [0.25, 0.3) is 11.3 Å². The Bertz CT molecular complexity index is 721. The predicted molar refractivity (Wildman–Crippen MR) is 84.5 cm³/mol. The molecule has 0 saturated carbocycles. The highest BCUT2D eigenvalue weighted by Crippen LogP contribution is 2.33. The van der Waals surface area contributed by atoms with E-state index >= 15 is 0 Å². The fourth-order valence-corrected chi connectivity index (χ4v) is 3.23. The lowest BCUT2D eigenvalue weighted by atomic mass is 10.1. The summed E-state index contributed by atoms with van der Waals surface area (Å²) in [5.41, 5.74) is 8.86. The van der Waals surface area contributed by atoms with E-state index in [0.717, 1.165) is 47.8 Å². The molecule has 2 N–H and O–H groups in total. The van der Waals surface area contributed by atoms with Gasteiger partial charge in [0.15, 0.2) is 0 Å². The van der Waals surface area contributed by atoms with Crippen LogP contribution in [0.5, 0.6) is 0 Å². The van der Waals surface area contributed by atoms with Gasteiger partial charge in [0.05, 0.1) is 35.2 Å². The summed E-state index contributed by atoms with van der Waals surface area (Å²) < 4.78 is 5.24. The molecule has 0 unspecified atom stereocenters. The van der Waals surface area contributed by atoms with Gasteiger partial charge in [0.1, 0.15) is 11.6 Å². The van der Waals surface area contributed by atoms with Crippen LogP contribution in [0.4, 0.5) is 0 Å². The average molecular weight is 315 g/mol. The van der Waals surface area contributed by atoms with Gasteiger partial charge >= 0.3 is 0 Å². The minimum absolute atomic E-state index is 0.0251. The van der Waals surface area contributed by atoms with Crippen LogP contribution < -0.4 is 5.73 Å². The molecule has 7 heteroatoms. The van der Waals surface area contributed by atoms with Crippen LogP contribution in [-0.4, -0.2) is 39.0 Å². The van der Waals surface area contributed by atoms with Crippen LogP contribution >= 0.6 is 0 Å². The van der Waals surface area contributed by atoms with Crippen molar-refractivity contribution in [2.75, 3.05) is 13.1 Å². The summed E-state index contributed by atoms with van der Waals surface area (Å²) in [5, 5.41) is 3.99. The summed E-state index contributed by atoms with van der Waals surface area (Å²) in [7, 11) is 0. The summed E-state index contributed by atoms with van der Waals surface area (Å²) in [5.74, 6) is 1.36. The average Bonchev–Trinajstić information content (AvgIpc) is 3.13. The molecule has 0 aliphatic carbocycles. The molecule has 0 radical (unpaired) electrons. The van der Waals surface area contributed by atoms with Gasteiger partial charge in [-0.05, 0) is 39.7 Å². The molecule has 1 fully saturated rings. The number of nitrogens with zero attached hydrogens (tertiary/aromatic N) is 4. The molecule has 2 aromatic heterocycles. The van der Waals surface area contributed by atoms with E-state index in [1.54, 1.807) is 0 Å². The highest BCUT2D eigenvalue weighted by molar-refractivity contribution is 5.78. The van der Waals surface area contributed by atoms with E-state index in [2.05, 4.69) is 15.1 Å². The number of nitrogens with two attached hydrogens (primary N) is 1. The topological polar surface area (TPSA) is 98.1 Å². The SMILES string of the molecule is Cc1nc(-c2c(C)noc2C)cc([C@@H]2CCCN2C(=O)CN)n1. The Balaban J connectivity index is 2.03. The second-order valence-corrected chi connectivity index (χ2v) is 5.87. The highest BCUT2D eigenvalue weighted by Gasteiger charge is 2.31. The minimum Gasteiger partial charge on any atom is -0.361 e. The van der Waals surface area contributed by atoms with E-state index in [9.17, 15) is 4.79 Å². The second-order valence-electron chi connectivity index (χ2n) is 5.87. The Morgan fingerprint density at radius 1 is 1.39 bits per heavy atom. The molecule has 1 atom stereocenters. The molecule has 0 aromatic carbocycles. The quantitative estimate of drug-likeness (QED) is 0.925. The largest absolute Gasteiger partial charge is 0.361 e. The van der Waals surface area contributed by atoms with E-state index in [-0.39, 0.29) is 18.5 Å². The number of hydrogen-bond donors (Lipinski definition) is 1. The molecule has 2 aromatic rings. The smallest absolute Gasteiger partial charge is 0.236 e. The fourth-order valence-electron chi connectivity index (χ4n) is 3.23. The second kappa shape index (κ2) is 6.08. The maximum Gasteiger partial charge on any atom is 0.236 e. The molecule has 3 rings (SSSR count). The van der Waals surface area contributed by atoms with E-state index in [0.29, 0.717) is 5.82 Å². The van der Waals surface area contributed by atoms with Crippen LogP contribution in [0.15, 0.2) is 10.6 Å². The molecule has 7 nitrogen and oxygen atoms in total. The Morgan fingerprint density at radius 3 is 2.83 bits per heavy atom. The predicted octanol–water partition coefficient (Wildman–Crippen LogP) is 1.68. The van der Waals surface area contributed by atoms with Gasteiger partial charge in [0, 0.05) is 6.54 Å². The van der Waals surface area contributed by atoms with Crippen LogP contribution in [0, 0.1) is 20.8 Å². The molecular weight excluding hydrogens is 294 g/mol. The maximum absolute atomic E-state index is 12.0. The van der Waals surface area contributed by atoms with Crippen molar-refractivity contribution in [3.63, 3.8) is 0 Å². The molecule has 3 heterocycles. The molecule has 0 spiro atoms. The van der Waals surface area contributed by atoms with E-state index < -0.39 is 0 Å². The number of likely N-dealkylation sites (tertiary alicyclic amines) is 1. The third kappa shape index (κ3) is 2.84. The fraction of sp³-hybridized carbons (Fsp3) is 0.500. The van der Waals surface area contributed by atoms with Gasteiger partial charge in [-0.25, -0.2) is 9.97 Å². The first-order valence-corrected chi connectivity index (χ1v) is 7.79. The summed E-state index contributed by atoms with van der Waals surface area (Å²) in [4.78, 5) is 22.9.